The SMILES string of the molecule is NC(=NCc1ncccc1F)Nc1ccc(OC(F)(F)F)cc1. The van der Waals surface area contributed by atoms with Crippen molar-refractivity contribution in [2.75, 3.05) is 5.32 Å². The summed E-state index contributed by atoms with van der Waals surface area (Å²) in [7, 11) is 0. The lowest BCUT2D eigenvalue weighted by atomic mass is 10.3. The topological polar surface area (TPSA) is 72.5 Å². The van der Waals surface area contributed by atoms with Gasteiger partial charge in [-0.05, 0) is 36.4 Å². The highest BCUT2D eigenvalue weighted by Crippen LogP contribution is 2.23. The van der Waals surface area contributed by atoms with Crippen molar-refractivity contribution in [3.63, 3.8) is 0 Å². The average molecular weight is 328 g/mol. The Balaban J connectivity index is 1.96. The van der Waals surface area contributed by atoms with Crippen LogP contribution in [0.5, 0.6) is 5.75 Å². The van der Waals surface area contributed by atoms with Gasteiger partial charge in [-0.3, -0.25) is 4.98 Å². The van der Waals surface area contributed by atoms with Gasteiger partial charge < -0.3 is 15.8 Å². The summed E-state index contributed by atoms with van der Waals surface area (Å²) in [5.74, 6) is -0.883. The molecule has 0 bridgehead atoms. The zero-order valence-electron chi connectivity index (χ0n) is 11.6. The number of anilines is 1. The minimum Gasteiger partial charge on any atom is -0.406 e. The van der Waals surface area contributed by atoms with Crippen molar-refractivity contribution in [2.45, 2.75) is 12.9 Å². The Morgan fingerprint density at radius 2 is 1.91 bits per heavy atom. The number of rotatable bonds is 4. The second-order valence-corrected chi connectivity index (χ2v) is 4.33. The molecule has 1 aromatic heterocycles. The monoisotopic (exact) mass is 328 g/mol. The predicted molar refractivity (Wildman–Crippen MR) is 76.3 cm³/mol. The maximum atomic E-state index is 13.3. The Labute approximate surface area is 128 Å². The molecule has 0 saturated heterocycles. The van der Waals surface area contributed by atoms with E-state index in [4.69, 9.17) is 5.73 Å². The predicted octanol–water partition coefficient (Wildman–Crippen LogP) is 3.05. The third-order valence-electron chi connectivity index (χ3n) is 2.59. The third-order valence-corrected chi connectivity index (χ3v) is 2.59. The first-order valence-corrected chi connectivity index (χ1v) is 6.35. The minimum absolute atomic E-state index is 0.0282. The average Bonchev–Trinajstić information content (AvgIpc) is 2.47. The van der Waals surface area contributed by atoms with Gasteiger partial charge in [-0.2, -0.15) is 0 Å². The van der Waals surface area contributed by atoms with Crippen LogP contribution >= 0.6 is 0 Å². The van der Waals surface area contributed by atoms with Crippen molar-refractivity contribution in [2.24, 2.45) is 10.7 Å². The van der Waals surface area contributed by atoms with E-state index in [2.05, 4.69) is 20.0 Å². The summed E-state index contributed by atoms with van der Waals surface area (Å²) in [6, 6.07) is 7.63. The number of ether oxygens (including phenoxy) is 1. The molecule has 2 rings (SSSR count). The van der Waals surface area contributed by atoms with Crippen LogP contribution in [0.4, 0.5) is 23.2 Å². The zero-order valence-corrected chi connectivity index (χ0v) is 11.6. The molecule has 0 aliphatic rings. The number of nitrogens with one attached hydrogen (secondary N) is 1. The third kappa shape index (κ3) is 5.46. The van der Waals surface area contributed by atoms with Crippen LogP contribution in [0.15, 0.2) is 47.6 Å². The molecule has 0 radical (unpaired) electrons. The maximum Gasteiger partial charge on any atom is 0.573 e. The van der Waals surface area contributed by atoms with E-state index in [0.717, 1.165) is 12.1 Å². The number of hydrogen-bond acceptors (Lipinski definition) is 3. The second kappa shape index (κ2) is 6.95. The van der Waals surface area contributed by atoms with Crippen molar-refractivity contribution in [1.82, 2.24) is 4.98 Å². The smallest absolute Gasteiger partial charge is 0.406 e. The minimum atomic E-state index is -4.75. The fourth-order valence-corrected chi connectivity index (χ4v) is 1.62. The number of nitrogens with two attached hydrogens (primary N) is 1. The van der Waals surface area contributed by atoms with Gasteiger partial charge in [0.25, 0.3) is 0 Å². The van der Waals surface area contributed by atoms with E-state index in [1.165, 1.54) is 30.5 Å². The van der Waals surface area contributed by atoms with Gasteiger partial charge in [0.2, 0.25) is 0 Å². The number of pyridine rings is 1. The van der Waals surface area contributed by atoms with Gasteiger partial charge in [0.1, 0.15) is 11.6 Å². The largest absolute Gasteiger partial charge is 0.573 e. The molecule has 0 atom stereocenters. The van der Waals surface area contributed by atoms with Gasteiger partial charge in [0.15, 0.2) is 5.96 Å². The van der Waals surface area contributed by atoms with Crippen LogP contribution in [0.25, 0.3) is 0 Å². The van der Waals surface area contributed by atoms with Crippen molar-refractivity contribution < 1.29 is 22.3 Å². The summed E-state index contributed by atoms with van der Waals surface area (Å²) in [4.78, 5) is 7.72. The first kappa shape index (κ1) is 16.5. The molecule has 3 N–H and O–H groups in total. The van der Waals surface area contributed by atoms with E-state index in [1.807, 2.05) is 0 Å². The highest BCUT2D eigenvalue weighted by molar-refractivity contribution is 5.92. The van der Waals surface area contributed by atoms with Crippen LogP contribution in [-0.2, 0) is 6.54 Å². The molecule has 1 heterocycles. The van der Waals surface area contributed by atoms with E-state index in [-0.39, 0.29) is 23.9 Å². The summed E-state index contributed by atoms with van der Waals surface area (Å²) >= 11 is 0. The fraction of sp³-hybridized carbons (Fsp3) is 0.143. The van der Waals surface area contributed by atoms with E-state index in [1.54, 1.807) is 0 Å². The lowest BCUT2D eigenvalue weighted by molar-refractivity contribution is -0.274. The number of guanidine groups is 1. The van der Waals surface area contributed by atoms with Gasteiger partial charge >= 0.3 is 6.36 Å². The molecular formula is C14H12F4N4O. The van der Waals surface area contributed by atoms with E-state index >= 15 is 0 Å². The lowest BCUT2D eigenvalue weighted by Gasteiger charge is -2.10. The lowest BCUT2D eigenvalue weighted by Crippen LogP contribution is -2.22. The Hall–Kier alpha value is -2.84. The van der Waals surface area contributed by atoms with Crippen LogP contribution in [0.1, 0.15) is 5.69 Å². The van der Waals surface area contributed by atoms with Crippen LogP contribution < -0.4 is 15.8 Å². The standard InChI is InChI=1S/C14H12F4N4O/c15-11-2-1-7-20-12(11)8-21-13(19)22-9-3-5-10(6-4-9)23-14(16,17)18/h1-7H,8H2,(H3,19,21,22). The molecule has 0 aliphatic heterocycles. The van der Waals surface area contributed by atoms with Crippen molar-refractivity contribution in [1.29, 1.82) is 0 Å². The number of alkyl halides is 3. The molecule has 1 aromatic carbocycles. The normalized spacial score (nSPS) is 12.1. The van der Waals surface area contributed by atoms with Gasteiger partial charge in [-0.1, -0.05) is 0 Å². The molecule has 0 spiro atoms. The number of benzene rings is 1. The number of hydrogen-bond donors (Lipinski definition) is 2. The van der Waals surface area contributed by atoms with Crippen LogP contribution in [0.2, 0.25) is 0 Å². The number of nitrogens with zero attached hydrogens (tertiary/aromatic N) is 2. The van der Waals surface area contributed by atoms with Crippen molar-refractivity contribution in [3.8, 4) is 5.75 Å². The zero-order chi connectivity index (χ0) is 16.9. The maximum absolute atomic E-state index is 13.3. The summed E-state index contributed by atoms with van der Waals surface area (Å²) in [6.45, 7) is -0.0687. The summed E-state index contributed by atoms with van der Waals surface area (Å²) in [6.07, 6.45) is -3.32. The quantitative estimate of drug-likeness (QED) is 0.514. The first-order chi connectivity index (χ1) is 10.8. The molecule has 2 aromatic rings. The summed E-state index contributed by atoms with van der Waals surface area (Å²) in [5, 5.41) is 2.66. The molecule has 5 nitrogen and oxygen atoms in total. The van der Waals surface area contributed by atoms with E-state index < -0.39 is 12.2 Å². The van der Waals surface area contributed by atoms with Crippen molar-refractivity contribution in [3.05, 3.63) is 54.1 Å². The molecule has 0 aliphatic carbocycles. The molecule has 0 saturated carbocycles. The molecule has 9 heteroatoms. The van der Waals surface area contributed by atoms with Crippen LogP contribution in [-0.4, -0.2) is 17.3 Å². The van der Waals surface area contributed by atoms with Gasteiger partial charge in [0.05, 0.1) is 12.2 Å². The second-order valence-electron chi connectivity index (χ2n) is 4.33. The summed E-state index contributed by atoms with van der Waals surface area (Å²) < 4.78 is 53.2. The van der Waals surface area contributed by atoms with Crippen LogP contribution in [0, 0.1) is 5.82 Å². The fourth-order valence-electron chi connectivity index (χ4n) is 1.62. The highest BCUT2D eigenvalue weighted by atomic mass is 19.4. The molecule has 0 amide bonds. The van der Waals surface area contributed by atoms with Crippen molar-refractivity contribution >= 4 is 11.6 Å². The van der Waals surface area contributed by atoms with Gasteiger partial charge in [0, 0.05) is 11.9 Å². The van der Waals surface area contributed by atoms with Gasteiger partial charge in [-0.15, -0.1) is 13.2 Å². The van der Waals surface area contributed by atoms with Gasteiger partial charge in [-0.25, -0.2) is 9.38 Å². The Morgan fingerprint density at radius 1 is 1.22 bits per heavy atom. The molecule has 23 heavy (non-hydrogen) atoms. The Bertz CT molecular complexity index is 686. The van der Waals surface area contributed by atoms with Crippen LogP contribution in [0.3, 0.4) is 0 Å². The summed E-state index contributed by atoms with van der Waals surface area (Å²) in [5.41, 5.74) is 6.16. The van der Waals surface area contributed by atoms with E-state index in [9.17, 15) is 17.6 Å². The van der Waals surface area contributed by atoms with E-state index in [0.29, 0.717) is 5.69 Å². The molecule has 0 unspecified atom stereocenters. The number of halogens is 4. The molecule has 0 fully saturated rings. The Morgan fingerprint density at radius 3 is 2.52 bits per heavy atom. The molecule has 122 valence electrons. The Kier molecular flexibility index (Phi) is 4.99. The highest BCUT2D eigenvalue weighted by Gasteiger charge is 2.30. The first-order valence-electron chi connectivity index (χ1n) is 6.35. The molecular weight excluding hydrogens is 316 g/mol. The number of aromatic nitrogens is 1. The number of aliphatic imine (C=N–C) groups is 1.